The maximum absolute atomic E-state index is 7.12. The van der Waals surface area contributed by atoms with Gasteiger partial charge in [0.05, 0.1) is 0 Å². The molecule has 13 heavy (non-hydrogen) atoms. The Kier molecular flexibility index (Phi) is 8.05. The van der Waals surface area contributed by atoms with Crippen LogP contribution in [0.3, 0.4) is 0 Å². The normalized spacial score (nSPS) is 11.4. The van der Waals surface area contributed by atoms with Gasteiger partial charge in [0.1, 0.15) is 0 Å². The molecule has 0 aliphatic heterocycles. The van der Waals surface area contributed by atoms with Gasteiger partial charge < -0.3 is 0 Å². The molecule has 75 valence electrons. The van der Waals surface area contributed by atoms with Gasteiger partial charge in [-0.2, -0.15) is 0 Å². The van der Waals surface area contributed by atoms with E-state index < -0.39 is 0 Å². The van der Waals surface area contributed by atoms with Gasteiger partial charge >= 0.3 is 88.3 Å². The summed E-state index contributed by atoms with van der Waals surface area (Å²) in [5, 5.41) is 11.3. The molecule has 1 radical (unpaired) electrons. The van der Waals surface area contributed by atoms with Crippen molar-refractivity contribution in [3.63, 3.8) is 0 Å². The summed E-state index contributed by atoms with van der Waals surface area (Å²) in [5.74, 6) is 0. The molecule has 0 bridgehead atoms. The summed E-state index contributed by atoms with van der Waals surface area (Å²) < 4.78 is 0.283. The molecule has 0 heterocycles. The van der Waals surface area contributed by atoms with Crippen LogP contribution in [-0.4, -0.2) is 26.5 Å². The van der Waals surface area contributed by atoms with Crippen LogP contribution in [0.5, 0.6) is 0 Å². The molecule has 0 unspecified atom stereocenters. The standard InChI is InChI=1S/C9H18N3Se/c1-3-5-7-8(6-4-2)11-12-9(10)13/h3-7H2,1-2H3,(H2,10,12). The number of unbranched alkanes of at least 4 members (excludes halogenated alkanes) is 1. The van der Waals surface area contributed by atoms with Crippen LogP contribution in [0.2, 0.25) is 0 Å². The first-order valence-electron chi connectivity index (χ1n) is 4.77. The number of rotatable bonds is 6. The number of nitrogens with one attached hydrogen (secondary N) is 2. The molecule has 0 aromatic heterocycles. The van der Waals surface area contributed by atoms with Crippen LogP contribution in [0.1, 0.15) is 46.0 Å². The number of amidine groups is 1. The van der Waals surface area contributed by atoms with E-state index in [1.807, 2.05) is 0 Å². The molecule has 0 saturated heterocycles. The van der Waals surface area contributed by atoms with E-state index in [0.717, 1.165) is 19.3 Å². The fraction of sp³-hybridized carbons (Fsp3) is 0.778. The zero-order chi connectivity index (χ0) is 10.1. The van der Waals surface area contributed by atoms with Crippen molar-refractivity contribution < 1.29 is 0 Å². The van der Waals surface area contributed by atoms with Gasteiger partial charge in [0.2, 0.25) is 0 Å². The van der Waals surface area contributed by atoms with Crippen molar-refractivity contribution in [1.82, 2.24) is 5.43 Å². The van der Waals surface area contributed by atoms with Crippen LogP contribution >= 0.6 is 0 Å². The Balaban J connectivity index is 3.90. The fourth-order valence-corrected chi connectivity index (χ4v) is 1.13. The fourth-order valence-electron chi connectivity index (χ4n) is 1.04. The second-order valence-corrected chi connectivity index (χ2v) is 3.83. The minimum absolute atomic E-state index is 0.283. The summed E-state index contributed by atoms with van der Waals surface area (Å²) in [7, 11) is 0. The van der Waals surface area contributed by atoms with Crippen LogP contribution in [0, 0.1) is 5.41 Å². The number of hydrazone groups is 1. The Labute approximate surface area is 88.7 Å². The molecule has 3 nitrogen and oxygen atoms in total. The quantitative estimate of drug-likeness (QED) is 0.321. The third-order valence-corrected chi connectivity index (χ3v) is 1.86. The molecule has 4 heteroatoms. The van der Waals surface area contributed by atoms with Crippen molar-refractivity contribution in [3.8, 4) is 0 Å². The van der Waals surface area contributed by atoms with Gasteiger partial charge in [-0.3, -0.25) is 0 Å². The first-order chi connectivity index (χ1) is 6.20. The minimum atomic E-state index is 0.283. The molecular weight excluding hydrogens is 229 g/mol. The SMILES string of the molecule is CCCCC(CCC)=NNC(=N)[Se]. The molecule has 2 N–H and O–H groups in total. The van der Waals surface area contributed by atoms with Gasteiger partial charge in [0, 0.05) is 0 Å². The molecular formula is C9H18N3Se. The third-order valence-electron chi connectivity index (χ3n) is 1.67. The van der Waals surface area contributed by atoms with Crippen LogP contribution in [-0.2, 0) is 0 Å². The Morgan fingerprint density at radius 3 is 2.46 bits per heavy atom. The van der Waals surface area contributed by atoms with Gasteiger partial charge in [-0.1, -0.05) is 0 Å². The number of hydrogen-bond donors (Lipinski definition) is 2. The summed E-state index contributed by atoms with van der Waals surface area (Å²) in [6.45, 7) is 4.32. The Hall–Kier alpha value is -0.341. The maximum atomic E-state index is 7.12. The van der Waals surface area contributed by atoms with Crippen LogP contribution < -0.4 is 5.43 Å². The van der Waals surface area contributed by atoms with Crippen LogP contribution in [0.15, 0.2) is 5.10 Å². The van der Waals surface area contributed by atoms with Crippen molar-refractivity contribution in [3.05, 3.63) is 0 Å². The molecule has 0 aromatic carbocycles. The van der Waals surface area contributed by atoms with Gasteiger partial charge in [-0.05, 0) is 0 Å². The number of hydrogen-bond acceptors (Lipinski definition) is 2. The predicted molar refractivity (Wildman–Crippen MR) is 58.5 cm³/mol. The van der Waals surface area contributed by atoms with Crippen molar-refractivity contribution in [2.45, 2.75) is 46.0 Å². The second kappa shape index (κ2) is 8.27. The van der Waals surface area contributed by atoms with E-state index in [9.17, 15) is 0 Å². The van der Waals surface area contributed by atoms with E-state index in [0.29, 0.717) is 0 Å². The molecule has 0 aromatic rings. The first kappa shape index (κ1) is 12.7. The van der Waals surface area contributed by atoms with Crippen molar-refractivity contribution >= 4 is 26.5 Å². The van der Waals surface area contributed by atoms with Gasteiger partial charge in [0.15, 0.2) is 0 Å². The molecule has 0 aliphatic carbocycles. The topological polar surface area (TPSA) is 48.2 Å². The Bertz CT molecular complexity index is 178. The molecule has 0 rings (SSSR count). The van der Waals surface area contributed by atoms with E-state index in [-0.39, 0.29) is 4.73 Å². The molecule has 0 atom stereocenters. The zero-order valence-electron chi connectivity index (χ0n) is 8.39. The van der Waals surface area contributed by atoms with E-state index in [2.05, 4.69) is 40.4 Å². The Morgan fingerprint density at radius 2 is 2.00 bits per heavy atom. The van der Waals surface area contributed by atoms with Gasteiger partial charge in [-0.25, -0.2) is 0 Å². The summed E-state index contributed by atoms with van der Waals surface area (Å²) in [4.78, 5) is 0. The first-order valence-corrected chi connectivity index (χ1v) is 5.63. The van der Waals surface area contributed by atoms with Gasteiger partial charge in [0.25, 0.3) is 0 Å². The van der Waals surface area contributed by atoms with E-state index in [4.69, 9.17) is 5.41 Å². The third kappa shape index (κ3) is 8.00. The summed E-state index contributed by atoms with van der Waals surface area (Å²) in [6, 6.07) is 0. The summed E-state index contributed by atoms with van der Waals surface area (Å²) in [5.41, 5.74) is 3.83. The Morgan fingerprint density at radius 1 is 1.31 bits per heavy atom. The summed E-state index contributed by atoms with van der Waals surface area (Å²) in [6.07, 6.45) is 5.57. The molecule has 0 spiro atoms. The van der Waals surface area contributed by atoms with Crippen molar-refractivity contribution in [1.29, 1.82) is 5.41 Å². The molecule has 0 amide bonds. The van der Waals surface area contributed by atoms with Crippen molar-refractivity contribution in [2.75, 3.05) is 0 Å². The van der Waals surface area contributed by atoms with E-state index >= 15 is 0 Å². The second-order valence-electron chi connectivity index (χ2n) is 2.97. The van der Waals surface area contributed by atoms with Gasteiger partial charge in [-0.15, -0.1) is 0 Å². The van der Waals surface area contributed by atoms with E-state index in [1.54, 1.807) is 0 Å². The molecule has 0 fully saturated rings. The predicted octanol–water partition coefficient (Wildman–Crippen LogP) is 2.03. The zero-order valence-corrected chi connectivity index (χ0v) is 10.1. The molecule has 0 saturated carbocycles. The summed E-state index contributed by atoms with van der Waals surface area (Å²) >= 11 is 2.56. The average Bonchev–Trinajstić information content (AvgIpc) is 2.09. The average molecular weight is 247 g/mol. The number of nitrogens with zero attached hydrogens (tertiary/aromatic N) is 1. The molecule has 0 aliphatic rings. The van der Waals surface area contributed by atoms with Crippen molar-refractivity contribution in [2.24, 2.45) is 5.10 Å². The monoisotopic (exact) mass is 248 g/mol. The van der Waals surface area contributed by atoms with Crippen LogP contribution in [0.25, 0.3) is 0 Å². The van der Waals surface area contributed by atoms with Crippen LogP contribution in [0.4, 0.5) is 0 Å². The van der Waals surface area contributed by atoms with E-state index in [1.165, 1.54) is 18.6 Å².